The predicted octanol–water partition coefficient (Wildman–Crippen LogP) is -0.0414. The summed E-state index contributed by atoms with van der Waals surface area (Å²) in [5, 5.41) is 11.4. The van der Waals surface area contributed by atoms with Crippen LogP contribution < -0.4 is 11.2 Å². The third-order valence-corrected chi connectivity index (χ3v) is 4.13. The van der Waals surface area contributed by atoms with Gasteiger partial charge in [0.1, 0.15) is 18.1 Å². The molecule has 2 fully saturated rings. The summed E-state index contributed by atoms with van der Waals surface area (Å²) in [7, 11) is 0. The maximum Gasteiger partial charge on any atom is 0.330 e. The number of rotatable bonds is 1. The van der Waals surface area contributed by atoms with Gasteiger partial charge in [-0.15, -0.1) is 0 Å². The zero-order valence-corrected chi connectivity index (χ0v) is 12.2. The second-order valence-electron chi connectivity index (χ2n) is 6.01. The average Bonchev–Trinajstić information content (AvgIpc) is 2.83. The molecule has 0 aromatic carbocycles. The minimum Gasteiger partial charge on any atom is -0.356 e. The van der Waals surface area contributed by atoms with Crippen LogP contribution in [0.15, 0.2) is 15.8 Å². The fourth-order valence-corrected chi connectivity index (χ4v) is 2.84. The summed E-state index contributed by atoms with van der Waals surface area (Å²) in [4.78, 5) is 25.6. The van der Waals surface area contributed by atoms with Gasteiger partial charge in [-0.3, -0.25) is 14.3 Å². The molecule has 8 heteroatoms. The van der Waals surface area contributed by atoms with E-state index >= 15 is 0 Å². The number of aromatic nitrogens is 2. The summed E-state index contributed by atoms with van der Waals surface area (Å²) in [6, 6.07) is -0.252. The van der Waals surface area contributed by atoms with Gasteiger partial charge in [0.15, 0.2) is 0 Å². The van der Waals surface area contributed by atoms with Gasteiger partial charge >= 0.3 is 5.69 Å². The van der Waals surface area contributed by atoms with E-state index in [-0.39, 0.29) is 12.1 Å². The third-order valence-electron chi connectivity index (χ3n) is 4.13. The Labute approximate surface area is 120 Å². The van der Waals surface area contributed by atoms with Crippen LogP contribution in [0.2, 0.25) is 0 Å². The highest BCUT2D eigenvalue weighted by molar-refractivity contribution is 5.02. The molecular formula is C13H19N3O5. The van der Waals surface area contributed by atoms with Crippen LogP contribution in [-0.2, 0) is 9.47 Å². The number of nitrogens with one attached hydrogen (secondary N) is 1. The van der Waals surface area contributed by atoms with E-state index in [2.05, 4.69) is 4.98 Å². The highest BCUT2D eigenvalue weighted by atomic mass is 16.6. The first kappa shape index (κ1) is 14.5. The molecule has 8 nitrogen and oxygen atoms in total. The Morgan fingerprint density at radius 1 is 1.43 bits per heavy atom. The molecule has 2 aliphatic heterocycles. The van der Waals surface area contributed by atoms with Crippen molar-refractivity contribution in [2.45, 2.75) is 51.3 Å². The maximum atomic E-state index is 11.9. The number of ether oxygens (including phenoxy) is 2. The Morgan fingerprint density at radius 2 is 2.14 bits per heavy atom. The van der Waals surface area contributed by atoms with Gasteiger partial charge in [0, 0.05) is 18.2 Å². The molecule has 2 aliphatic rings. The van der Waals surface area contributed by atoms with E-state index < -0.39 is 23.2 Å². The SMILES string of the molecule is Cc1cn(C2CC3C(COC(C)(C)N3O)O2)c(=O)[nH]c1=O. The summed E-state index contributed by atoms with van der Waals surface area (Å²) in [6.07, 6.45) is 1.08. The van der Waals surface area contributed by atoms with E-state index in [9.17, 15) is 14.8 Å². The second-order valence-corrected chi connectivity index (χ2v) is 6.01. The van der Waals surface area contributed by atoms with Crippen molar-refractivity contribution in [3.05, 3.63) is 32.6 Å². The summed E-state index contributed by atoms with van der Waals surface area (Å²) >= 11 is 0. The van der Waals surface area contributed by atoms with Crippen molar-refractivity contribution >= 4 is 0 Å². The molecule has 0 spiro atoms. The molecule has 2 N–H and O–H groups in total. The van der Waals surface area contributed by atoms with Crippen LogP contribution in [0.3, 0.4) is 0 Å². The Kier molecular flexibility index (Phi) is 3.28. The number of hydroxylamine groups is 2. The van der Waals surface area contributed by atoms with Crippen molar-refractivity contribution in [1.82, 2.24) is 14.6 Å². The third kappa shape index (κ3) is 2.34. The van der Waals surface area contributed by atoms with Crippen LogP contribution in [0.4, 0.5) is 0 Å². The van der Waals surface area contributed by atoms with Gasteiger partial charge in [-0.1, -0.05) is 0 Å². The lowest BCUT2D eigenvalue weighted by molar-refractivity contribution is -0.327. The normalized spacial score (nSPS) is 32.1. The molecule has 0 saturated carbocycles. The Hall–Kier alpha value is -1.48. The zero-order chi connectivity index (χ0) is 15.4. The van der Waals surface area contributed by atoms with Crippen molar-refractivity contribution in [3.8, 4) is 0 Å². The Bertz CT molecular complexity index is 665. The average molecular weight is 297 g/mol. The smallest absolute Gasteiger partial charge is 0.330 e. The van der Waals surface area contributed by atoms with Crippen LogP contribution in [-0.4, -0.2) is 44.3 Å². The summed E-state index contributed by atoms with van der Waals surface area (Å²) < 4.78 is 12.7. The van der Waals surface area contributed by atoms with Crippen molar-refractivity contribution in [1.29, 1.82) is 0 Å². The van der Waals surface area contributed by atoms with Crippen LogP contribution in [0, 0.1) is 6.92 Å². The lowest BCUT2D eigenvalue weighted by atomic mass is 10.1. The fourth-order valence-electron chi connectivity index (χ4n) is 2.84. The summed E-state index contributed by atoms with van der Waals surface area (Å²) in [5.74, 6) is 0. The van der Waals surface area contributed by atoms with E-state index in [1.165, 1.54) is 10.8 Å². The Balaban J connectivity index is 1.90. The van der Waals surface area contributed by atoms with Gasteiger partial charge in [-0.2, -0.15) is 5.06 Å². The first-order valence-corrected chi connectivity index (χ1v) is 6.89. The minimum absolute atomic E-state index is 0.252. The van der Waals surface area contributed by atoms with Crippen LogP contribution in [0.25, 0.3) is 0 Å². The maximum absolute atomic E-state index is 11.9. The first-order valence-electron chi connectivity index (χ1n) is 6.89. The van der Waals surface area contributed by atoms with E-state index in [0.717, 1.165) is 5.06 Å². The standard InChI is InChI=1S/C13H19N3O5/c1-7-5-15(12(18)14-11(7)17)10-4-8-9(21-10)6-20-13(2,3)16(8)19/h5,8-10,19H,4,6H2,1-3H3,(H,14,17,18). The fraction of sp³-hybridized carbons (Fsp3) is 0.692. The molecule has 1 aromatic heterocycles. The van der Waals surface area contributed by atoms with Crippen molar-refractivity contribution < 1.29 is 14.7 Å². The molecule has 0 bridgehead atoms. The second kappa shape index (κ2) is 4.77. The molecule has 3 atom stereocenters. The van der Waals surface area contributed by atoms with Gasteiger partial charge < -0.3 is 14.7 Å². The largest absolute Gasteiger partial charge is 0.356 e. The van der Waals surface area contributed by atoms with Gasteiger partial charge in [0.2, 0.25) is 0 Å². The number of aromatic amines is 1. The number of hydrogen-bond donors (Lipinski definition) is 2. The molecule has 3 unspecified atom stereocenters. The van der Waals surface area contributed by atoms with Crippen molar-refractivity contribution in [2.75, 3.05) is 6.61 Å². The van der Waals surface area contributed by atoms with Crippen LogP contribution >= 0.6 is 0 Å². The van der Waals surface area contributed by atoms with Gasteiger partial charge in [-0.05, 0) is 20.8 Å². The summed E-state index contributed by atoms with van der Waals surface area (Å²) in [5.41, 5.74) is -1.27. The number of fused-ring (bicyclic) bond motifs is 1. The zero-order valence-electron chi connectivity index (χ0n) is 12.2. The highest BCUT2D eigenvalue weighted by Gasteiger charge is 2.49. The van der Waals surface area contributed by atoms with E-state index in [0.29, 0.717) is 18.6 Å². The van der Waals surface area contributed by atoms with E-state index in [1.54, 1.807) is 20.8 Å². The molecule has 0 amide bonds. The molecule has 3 heterocycles. The first-order chi connectivity index (χ1) is 9.79. The quantitative estimate of drug-likeness (QED) is 0.755. The monoisotopic (exact) mass is 297 g/mol. The molecule has 0 aliphatic carbocycles. The van der Waals surface area contributed by atoms with Crippen LogP contribution in [0.5, 0.6) is 0 Å². The van der Waals surface area contributed by atoms with Gasteiger partial charge in [0.25, 0.3) is 5.56 Å². The molecule has 2 saturated heterocycles. The molecular weight excluding hydrogens is 278 g/mol. The Morgan fingerprint density at radius 3 is 2.86 bits per heavy atom. The molecule has 116 valence electrons. The molecule has 1 aromatic rings. The number of nitrogens with zero attached hydrogens (tertiary/aromatic N) is 2. The summed E-state index contributed by atoms with van der Waals surface area (Å²) in [6.45, 7) is 5.52. The molecule has 0 radical (unpaired) electrons. The lowest BCUT2D eigenvalue weighted by Gasteiger charge is -2.43. The topological polar surface area (TPSA) is 96.8 Å². The predicted molar refractivity (Wildman–Crippen MR) is 72.0 cm³/mol. The number of aryl methyl sites for hydroxylation is 1. The lowest BCUT2D eigenvalue weighted by Crippen LogP contribution is -2.58. The van der Waals surface area contributed by atoms with Gasteiger partial charge in [-0.25, -0.2) is 4.79 Å². The van der Waals surface area contributed by atoms with Gasteiger partial charge in [0.05, 0.1) is 12.6 Å². The molecule has 3 rings (SSSR count). The van der Waals surface area contributed by atoms with Crippen LogP contribution in [0.1, 0.15) is 32.1 Å². The molecule has 21 heavy (non-hydrogen) atoms. The van der Waals surface area contributed by atoms with E-state index in [1.807, 2.05) is 0 Å². The number of hydrogen-bond acceptors (Lipinski definition) is 6. The highest BCUT2D eigenvalue weighted by Crippen LogP contribution is 2.37. The minimum atomic E-state index is -0.786. The van der Waals surface area contributed by atoms with Crippen molar-refractivity contribution in [3.63, 3.8) is 0 Å². The van der Waals surface area contributed by atoms with Crippen molar-refractivity contribution in [2.24, 2.45) is 0 Å². The number of H-pyrrole nitrogens is 1. The van der Waals surface area contributed by atoms with E-state index in [4.69, 9.17) is 9.47 Å².